The molecule has 2 aromatic heterocycles. The van der Waals surface area contributed by atoms with Crippen LogP contribution in [0.2, 0.25) is 0 Å². The van der Waals surface area contributed by atoms with Gasteiger partial charge in [0.15, 0.2) is 0 Å². The maximum Gasteiger partial charge on any atom is 0.149 e. The summed E-state index contributed by atoms with van der Waals surface area (Å²) in [6.45, 7) is 9.02. The number of nitrogens with two attached hydrogens (primary N) is 1. The van der Waals surface area contributed by atoms with Crippen molar-refractivity contribution in [2.24, 2.45) is 11.1 Å². The van der Waals surface area contributed by atoms with Crippen molar-refractivity contribution in [1.82, 2.24) is 14.3 Å². The molecule has 2 rings (SSSR count). The Morgan fingerprint density at radius 2 is 2.11 bits per heavy atom. The smallest absolute Gasteiger partial charge is 0.149 e. The molecule has 1 unspecified atom stereocenters. The Kier molecular flexibility index (Phi) is 3.49. The molecule has 2 aromatic rings. The normalized spacial score (nSPS) is 13.8. The number of aromatic nitrogens is 3. The van der Waals surface area contributed by atoms with Crippen molar-refractivity contribution in [2.75, 3.05) is 11.9 Å². The second-order valence-electron chi connectivity index (χ2n) is 5.47. The maximum atomic E-state index is 5.85. The average Bonchev–Trinajstić information content (AvgIpc) is 2.67. The third-order valence-corrected chi connectivity index (χ3v) is 3.88. The summed E-state index contributed by atoms with van der Waals surface area (Å²) in [4.78, 5) is 9.47. The number of hydrogen-bond acceptors (Lipinski definition) is 6. The molecule has 2 heterocycles. The number of rotatable bonds is 3. The van der Waals surface area contributed by atoms with Gasteiger partial charge in [-0.25, -0.2) is 9.97 Å². The van der Waals surface area contributed by atoms with Crippen molar-refractivity contribution < 1.29 is 0 Å². The van der Waals surface area contributed by atoms with Crippen LogP contribution in [-0.4, -0.2) is 26.9 Å². The monoisotopic (exact) mass is 265 g/mol. The first-order valence-corrected chi connectivity index (χ1v) is 6.74. The van der Waals surface area contributed by atoms with Crippen molar-refractivity contribution in [2.45, 2.75) is 33.7 Å². The Balaban J connectivity index is 2.39. The van der Waals surface area contributed by atoms with Crippen molar-refractivity contribution in [1.29, 1.82) is 0 Å². The Bertz CT molecular complexity index is 543. The van der Waals surface area contributed by atoms with Gasteiger partial charge in [-0.3, -0.25) is 0 Å². The first-order valence-electron chi connectivity index (χ1n) is 5.97. The molecule has 0 aliphatic carbocycles. The van der Waals surface area contributed by atoms with Gasteiger partial charge in [0.25, 0.3) is 0 Å². The van der Waals surface area contributed by atoms with Crippen LogP contribution in [0.3, 0.4) is 0 Å². The number of nitrogens with one attached hydrogen (secondary N) is 1. The zero-order chi connectivity index (χ0) is 13.3. The Morgan fingerprint density at radius 1 is 1.39 bits per heavy atom. The van der Waals surface area contributed by atoms with Crippen LogP contribution in [0.5, 0.6) is 0 Å². The molecule has 1 atom stereocenters. The van der Waals surface area contributed by atoms with Gasteiger partial charge in [0, 0.05) is 12.6 Å². The number of fused-ring (bicyclic) bond motifs is 1. The quantitative estimate of drug-likeness (QED) is 0.889. The number of anilines is 1. The van der Waals surface area contributed by atoms with Crippen LogP contribution < -0.4 is 11.1 Å². The predicted octanol–water partition coefficient (Wildman–Crippen LogP) is 2.18. The molecule has 0 aromatic carbocycles. The average molecular weight is 265 g/mol. The molecule has 0 spiro atoms. The van der Waals surface area contributed by atoms with E-state index < -0.39 is 0 Å². The standard InChI is InChI=1S/C12H19N5S/c1-7-9-10(14-6-15-11(9)18-17-7)16-8(5-13)12(2,3)4/h6,8H,5,13H2,1-4H3,(H,14,15,16). The van der Waals surface area contributed by atoms with Gasteiger partial charge in [0.2, 0.25) is 0 Å². The van der Waals surface area contributed by atoms with Gasteiger partial charge in [0.05, 0.1) is 11.1 Å². The third-order valence-electron chi connectivity index (χ3n) is 3.04. The highest BCUT2D eigenvalue weighted by atomic mass is 32.1. The van der Waals surface area contributed by atoms with Crippen molar-refractivity contribution in [3.8, 4) is 0 Å². The number of hydrogen-bond donors (Lipinski definition) is 2. The van der Waals surface area contributed by atoms with Gasteiger partial charge >= 0.3 is 0 Å². The highest BCUT2D eigenvalue weighted by Crippen LogP contribution is 2.28. The lowest BCUT2D eigenvalue weighted by atomic mass is 9.87. The minimum Gasteiger partial charge on any atom is -0.365 e. The van der Waals surface area contributed by atoms with E-state index in [2.05, 4.69) is 40.4 Å². The van der Waals surface area contributed by atoms with Gasteiger partial charge in [-0.05, 0) is 23.9 Å². The molecule has 0 aliphatic rings. The second-order valence-corrected chi connectivity index (χ2v) is 6.22. The Morgan fingerprint density at radius 3 is 2.72 bits per heavy atom. The molecule has 0 saturated heterocycles. The van der Waals surface area contributed by atoms with E-state index in [1.165, 1.54) is 11.5 Å². The SMILES string of the molecule is Cc1nsc2ncnc(NC(CN)C(C)(C)C)c12. The lowest BCUT2D eigenvalue weighted by molar-refractivity contribution is 0.345. The summed E-state index contributed by atoms with van der Waals surface area (Å²) in [5, 5.41) is 4.43. The topological polar surface area (TPSA) is 76.7 Å². The molecule has 0 radical (unpaired) electrons. The fourth-order valence-corrected chi connectivity index (χ4v) is 2.57. The molecular formula is C12H19N5S. The highest BCUT2D eigenvalue weighted by molar-refractivity contribution is 7.13. The van der Waals surface area contributed by atoms with E-state index in [4.69, 9.17) is 5.73 Å². The van der Waals surface area contributed by atoms with Crippen molar-refractivity contribution >= 4 is 27.6 Å². The molecule has 5 nitrogen and oxygen atoms in total. The Labute approximate surface area is 111 Å². The van der Waals surface area contributed by atoms with E-state index in [-0.39, 0.29) is 11.5 Å². The summed E-state index contributed by atoms with van der Waals surface area (Å²) < 4.78 is 4.32. The largest absolute Gasteiger partial charge is 0.365 e. The summed E-state index contributed by atoms with van der Waals surface area (Å²) in [6.07, 6.45) is 1.57. The van der Waals surface area contributed by atoms with Crippen LogP contribution in [0.15, 0.2) is 6.33 Å². The summed E-state index contributed by atoms with van der Waals surface area (Å²) in [6, 6.07) is 0.162. The first kappa shape index (κ1) is 13.2. The first-order chi connectivity index (χ1) is 8.43. The number of aryl methyl sites for hydroxylation is 1. The minimum absolute atomic E-state index is 0.0728. The van der Waals surface area contributed by atoms with Gasteiger partial charge in [-0.15, -0.1) is 0 Å². The molecule has 0 fully saturated rings. The van der Waals surface area contributed by atoms with E-state index in [0.717, 1.165) is 21.7 Å². The summed E-state index contributed by atoms with van der Waals surface area (Å²) in [5.74, 6) is 0.830. The maximum absolute atomic E-state index is 5.85. The van der Waals surface area contributed by atoms with E-state index in [0.29, 0.717) is 6.54 Å². The molecule has 0 saturated carbocycles. The van der Waals surface area contributed by atoms with Crippen LogP contribution in [0.4, 0.5) is 5.82 Å². The lowest BCUT2D eigenvalue weighted by Gasteiger charge is -2.30. The molecule has 0 amide bonds. The van der Waals surface area contributed by atoms with Crippen molar-refractivity contribution in [3.63, 3.8) is 0 Å². The molecule has 3 N–H and O–H groups in total. The van der Waals surface area contributed by atoms with E-state index in [9.17, 15) is 0 Å². The molecular weight excluding hydrogens is 246 g/mol. The molecule has 0 bridgehead atoms. The van der Waals surface area contributed by atoms with E-state index >= 15 is 0 Å². The van der Waals surface area contributed by atoms with Crippen LogP contribution in [0, 0.1) is 12.3 Å². The Hall–Kier alpha value is -1.27. The van der Waals surface area contributed by atoms with Crippen LogP contribution in [0.1, 0.15) is 26.5 Å². The minimum atomic E-state index is 0.0728. The third kappa shape index (κ3) is 2.44. The van der Waals surface area contributed by atoms with Crippen LogP contribution in [0.25, 0.3) is 10.2 Å². The lowest BCUT2D eigenvalue weighted by Crippen LogP contribution is -2.40. The zero-order valence-electron chi connectivity index (χ0n) is 11.2. The van der Waals surface area contributed by atoms with Gasteiger partial charge in [-0.1, -0.05) is 20.8 Å². The fourth-order valence-electron chi connectivity index (χ4n) is 1.83. The van der Waals surface area contributed by atoms with Gasteiger partial charge < -0.3 is 11.1 Å². The highest BCUT2D eigenvalue weighted by Gasteiger charge is 2.24. The molecule has 0 aliphatic heterocycles. The predicted molar refractivity (Wildman–Crippen MR) is 75.9 cm³/mol. The summed E-state index contributed by atoms with van der Waals surface area (Å²) in [5.41, 5.74) is 6.88. The van der Waals surface area contributed by atoms with Gasteiger partial charge in [0.1, 0.15) is 17.0 Å². The number of nitrogens with zero attached hydrogens (tertiary/aromatic N) is 3. The second kappa shape index (κ2) is 4.78. The van der Waals surface area contributed by atoms with E-state index in [1.54, 1.807) is 6.33 Å². The van der Waals surface area contributed by atoms with Crippen LogP contribution >= 0.6 is 11.5 Å². The molecule has 6 heteroatoms. The summed E-state index contributed by atoms with van der Waals surface area (Å²) in [7, 11) is 0. The van der Waals surface area contributed by atoms with Crippen molar-refractivity contribution in [3.05, 3.63) is 12.0 Å². The van der Waals surface area contributed by atoms with E-state index in [1.807, 2.05) is 6.92 Å². The molecule has 18 heavy (non-hydrogen) atoms. The molecule has 98 valence electrons. The van der Waals surface area contributed by atoms with Gasteiger partial charge in [-0.2, -0.15) is 4.37 Å². The zero-order valence-corrected chi connectivity index (χ0v) is 12.0. The fraction of sp³-hybridized carbons (Fsp3) is 0.583. The van der Waals surface area contributed by atoms with Crippen LogP contribution in [-0.2, 0) is 0 Å². The summed E-state index contributed by atoms with van der Waals surface area (Å²) >= 11 is 1.40.